The Morgan fingerprint density at radius 2 is 2.21 bits per heavy atom. The number of halogens is 3. The molecule has 1 aliphatic heterocycles. The molecule has 0 radical (unpaired) electrons. The summed E-state index contributed by atoms with van der Waals surface area (Å²) in [6.07, 6.45) is -2.41. The number of ether oxygens (including phenoxy) is 3. The zero-order valence-electron chi connectivity index (χ0n) is 10.1. The predicted molar refractivity (Wildman–Crippen MR) is 68.8 cm³/mol. The number of rotatable bonds is 7. The summed E-state index contributed by atoms with van der Waals surface area (Å²) in [6, 6.07) is 3.82. The topological polar surface area (TPSA) is 39.7 Å². The third kappa shape index (κ3) is 4.29. The maximum atomic E-state index is 11.8. The highest BCUT2D eigenvalue weighted by molar-refractivity contribution is 9.10. The standard InChI is InChI=1S/C12H14BrF2NO3/c13-9-3-8(4-10-12(9)19-7-18-10)5-16-1-2-17-6-11(14)15/h3-4,11,16H,1-2,5-7H2. The van der Waals surface area contributed by atoms with Crippen LogP contribution in [0.25, 0.3) is 0 Å². The molecule has 4 nitrogen and oxygen atoms in total. The SMILES string of the molecule is FC(F)COCCNCc1cc(Br)c2c(c1)OCO2. The molecule has 0 aliphatic carbocycles. The van der Waals surface area contributed by atoms with E-state index in [0.29, 0.717) is 24.6 Å². The first-order valence-corrected chi connectivity index (χ1v) is 6.60. The van der Waals surface area contributed by atoms with Crippen molar-refractivity contribution in [3.05, 3.63) is 22.2 Å². The highest BCUT2D eigenvalue weighted by Crippen LogP contribution is 2.39. The molecular formula is C12H14BrF2NO3. The van der Waals surface area contributed by atoms with E-state index in [1.165, 1.54) is 0 Å². The number of hydrogen-bond acceptors (Lipinski definition) is 4. The Morgan fingerprint density at radius 3 is 3.00 bits per heavy atom. The summed E-state index contributed by atoms with van der Waals surface area (Å²) in [4.78, 5) is 0. The molecule has 1 N–H and O–H groups in total. The molecule has 0 saturated heterocycles. The number of alkyl halides is 2. The molecule has 0 bridgehead atoms. The fourth-order valence-electron chi connectivity index (χ4n) is 1.67. The van der Waals surface area contributed by atoms with Crippen LogP contribution in [0.2, 0.25) is 0 Å². The van der Waals surface area contributed by atoms with Crippen LogP contribution in [-0.4, -0.2) is 33.0 Å². The molecule has 0 saturated carbocycles. The van der Waals surface area contributed by atoms with Crippen LogP contribution < -0.4 is 14.8 Å². The number of fused-ring (bicyclic) bond motifs is 1. The van der Waals surface area contributed by atoms with E-state index in [1.807, 2.05) is 12.1 Å². The van der Waals surface area contributed by atoms with Gasteiger partial charge >= 0.3 is 0 Å². The van der Waals surface area contributed by atoms with E-state index >= 15 is 0 Å². The van der Waals surface area contributed by atoms with Gasteiger partial charge in [0.05, 0.1) is 11.1 Å². The Morgan fingerprint density at radius 1 is 1.37 bits per heavy atom. The molecule has 1 aromatic carbocycles. The third-order valence-corrected chi connectivity index (χ3v) is 3.07. The van der Waals surface area contributed by atoms with Crippen LogP contribution in [-0.2, 0) is 11.3 Å². The number of nitrogens with one attached hydrogen (secondary N) is 1. The summed E-state index contributed by atoms with van der Waals surface area (Å²) in [5.41, 5.74) is 1.02. The molecule has 0 amide bonds. The lowest BCUT2D eigenvalue weighted by atomic mass is 10.2. The van der Waals surface area contributed by atoms with Gasteiger partial charge in [-0.05, 0) is 33.6 Å². The van der Waals surface area contributed by atoms with Crippen LogP contribution in [0, 0.1) is 0 Å². The summed E-state index contributed by atoms with van der Waals surface area (Å²) in [5.74, 6) is 1.42. The van der Waals surface area contributed by atoms with Gasteiger partial charge in [0.1, 0.15) is 6.61 Å². The monoisotopic (exact) mass is 337 g/mol. The molecule has 0 fully saturated rings. The van der Waals surface area contributed by atoms with E-state index in [9.17, 15) is 8.78 Å². The van der Waals surface area contributed by atoms with Crippen molar-refractivity contribution in [3.63, 3.8) is 0 Å². The molecule has 7 heteroatoms. The summed E-state index contributed by atoms with van der Waals surface area (Å²) in [5, 5.41) is 3.11. The van der Waals surface area contributed by atoms with Crippen molar-refractivity contribution in [2.75, 3.05) is 26.6 Å². The van der Waals surface area contributed by atoms with Gasteiger partial charge in [-0.25, -0.2) is 8.78 Å². The first kappa shape index (κ1) is 14.5. The highest BCUT2D eigenvalue weighted by atomic mass is 79.9. The molecule has 106 valence electrons. The Kier molecular flexibility index (Phi) is 5.35. The minimum Gasteiger partial charge on any atom is -0.454 e. The van der Waals surface area contributed by atoms with E-state index in [-0.39, 0.29) is 13.4 Å². The van der Waals surface area contributed by atoms with Gasteiger partial charge in [0.25, 0.3) is 6.43 Å². The van der Waals surface area contributed by atoms with Crippen LogP contribution in [0.4, 0.5) is 8.78 Å². The van der Waals surface area contributed by atoms with E-state index in [2.05, 4.69) is 21.2 Å². The van der Waals surface area contributed by atoms with E-state index < -0.39 is 13.0 Å². The van der Waals surface area contributed by atoms with Crippen LogP contribution in [0.5, 0.6) is 11.5 Å². The van der Waals surface area contributed by atoms with Gasteiger partial charge in [-0.1, -0.05) is 0 Å². The molecular weight excluding hydrogens is 324 g/mol. The van der Waals surface area contributed by atoms with Gasteiger partial charge in [-0.2, -0.15) is 0 Å². The summed E-state index contributed by atoms with van der Waals surface area (Å²) >= 11 is 3.41. The normalized spacial score (nSPS) is 13.3. The lowest BCUT2D eigenvalue weighted by molar-refractivity contribution is 0.0187. The second-order valence-corrected chi connectivity index (χ2v) is 4.81. The Bertz CT molecular complexity index is 432. The summed E-state index contributed by atoms with van der Waals surface area (Å²) in [6.45, 7) is 1.09. The fraction of sp³-hybridized carbons (Fsp3) is 0.500. The number of benzene rings is 1. The van der Waals surface area contributed by atoms with Crippen LogP contribution in [0.15, 0.2) is 16.6 Å². The van der Waals surface area contributed by atoms with Gasteiger partial charge in [0, 0.05) is 13.1 Å². The van der Waals surface area contributed by atoms with Crippen molar-refractivity contribution in [1.82, 2.24) is 5.32 Å². The lowest BCUT2D eigenvalue weighted by Gasteiger charge is -2.08. The van der Waals surface area contributed by atoms with Gasteiger partial charge in [0.15, 0.2) is 11.5 Å². The van der Waals surface area contributed by atoms with E-state index in [4.69, 9.17) is 14.2 Å². The van der Waals surface area contributed by atoms with Crippen LogP contribution in [0.3, 0.4) is 0 Å². The Balaban J connectivity index is 1.73. The van der Waals surface area contributed by atoms with Crippen LogP contribution >= 0.6 is 15.9 Å². The molecule has 1 aliphatic rings. The maximum absolute atomic E-state index is 11.8. The molecule has 0 spiro atoms. The molecule has 1 heterocycles. The quantitative estimate of drug-likeness (QED) is 0.776. The van der Waals surface area contributed by atoms with Crippen LogP contribution in [0.1, 0.15) is 5.56 Å². The largest absolute Gasteiger partial charge is 0.454 e. The Labute approximate surface area is 118 Å². The molecule has 0 atom stereocenters. The highest BCUT2D eigenvalue weighted by Gasteiger charge is 2.17. The zero-order valence-corrected chi connectivity index (χ0v) is 11.7. The third-order valence-electron chi connectivity index (χ3n) is 2.48. The van der Waals surface area contributed by atoms with Gasteiger partial charge < -0.3 is 19.5 Å². The molecule has 0 aromatic heterocycles. The van der Waals surface area contributed by atoms with Crippen molar-refractivity contribution >= 4 is 15.9 Å². The smallest absolute Gasteiger partial charge is 0.261 e. The summed E-state index contributed by atoms with van der Waals surface area (Å²) in [7, 11) is 0. The van der Waals surface area contributed by atoms with Crippen molar-refractivity contribution in [2.45, 2.75) is 13.0 Å². The number of hydrogen-bond donors (Lipinski definition) is 1. The summed E-state index contributed by atoms with van der Waals surface area (Å²) < 4.78 is 39.8. The average Bonchev–Trinajstić information content (AvgIpc) is 2.82. The second kappa shape index (κ2) is 7.02. The first-order chi connectivity index (χ1) is 9.16. The molecule has 2 rings (SSSR count). The van der Waals surface area contributed by atoms with E-state index in [1.54, 1.807) is 0 Å². The molecule has 19 heavy (non-hydrogen) atoms. The molecule has 1 aromatic rings. The predicted octanol–water partition coefficient (Wildman–Crippen LogP) is 2.55. The van der Waals surface area contributed by atoms with Crippen molar-refractivity contribution in [3.8, 4) is 11.5 Å². The maximum Gasteiger partial charge on any atom is 0.261 e. The van der Waals surface area contributed by atoms with Crippen molar-refractivity contribution < 1.29 is 23.0 Å². The van der Waals surface area contributed by atoms with Crippen molar-refractivity contribution in [1.29, 1.82) is 0 Å². The minimum atomic E-state index is -2.41. The van der Waals surface area contributed by atoms with Crippen molar-refractivity contribution in [2.24, 2.45) is 0 Å². The van der Waals surface area contributed by atoms with Gasteiger partial charge in [-0.3, -0.25) is 0 Å². The second-order valence-electron chi connectivity index (χ2n) is 3.95. The van der Waals surface area contributed by atoms with Gasteiger partial charge in [-0.15, -0.1) is 0 Å². The zero-order chi connectivity index (χ0) is 13.7. The minimum absolute atomic E-state index is 0.228. The van der Waals surface area contributed by atoms with Gasteiger partial charge in [0.2, 0.25) is 6.79 Å². The lowest BCUT2D eigenvalue weighted by Crippen LogP contribution is -2.20. The van der Waals surface area contributed by atoms with E-state index in [0.717, 1.165) is 10.0 Å². The molecule has 0 unspecified atom stereocenters. The average molecular weight is 338 g/mol. The Hall–Kier alpha value is -0.920. The fourth-order valence-corrected chi connectivity index (χ4v) is 2.28. The first-order valence-electron chi connectivity index (χ1n) is 5.81.